The highest BCUT2D eigenvalue weighted by atomic mass is 19.1. The van der Waals surface area contributed by atoms with E-state index in [9.17, 15) is 9.18 Å². The average Bonchev–Trinajstić information content (AvgIpc) is 3.27. The van der Waals surface area contributed by atoms with Gasteiger partial charge in [0.05, 0.1) is 29.0 Å². The molecule has 2 aromatic carbocycles. The van der Waals surface area contributed by atoms with Gasteiger partial charge >= 0.3 is 0 Å². The highest BCUT2D eigenvalue weighted by Crippen LogP contribution is 2.21. The Kier molecular flexibility index (Phi) is 5.40. The quantitative estimate of drug-likeness (QED) is 0.624. The van der Waals surface area contributed by atoms with Crippen LogP contribution in [-0.4, -0.2) is 35.5 Å². The molecular weight excluding hydrogens is 397 g/mol. The molecule has 0 saturated carbocycles. The molecular formula is C22H20FN7O. The minimum atomic E-state index is -0.495. The largest absolute Gasteiger partial charge is 0.358 e. The van der Waals surface area contributed by atoms with Crippen LogP contribution in [0.3, 0.4) is 0 Å². The van der Waals surface area contributed by atoms with Gasteiger partial charge in [0.2, 0.25) is 0 Å². The molecule has 2 N–H and O–H groups in total. The number of fused-ring (bicyclic) bond motifs is 1. The van der Waals surface area contributed by atoms with Crippen LogP contribution < -0.4 is 16.2 Å². The third-order valence-electron chi connectivity index (χ3n) is 4.84. The second-order valence-corrected chi connectivity index (χ2v) is 6.80. The summed E-state index contributed by atoms with van der Waals surface area (Å²) in [4.78, 5) is 30.5. The van der Waals surface area contributed by atoms with Gasteiger partial charge in [0, 0.05) is 7.05 Å². The predicted octanol–water partition coefficient (Wildman–Crippen LogP) is 2.70. The first-order valence-electron chi connectivity index (χ1n) is 9.55. The van der Waals surface area contributed by atoms with Crippen LogP contribution in [0, 0.1) is 5.82 Å². The maximum absolute atomic E-state index is 13.8. The van der Waals surface area contributed by atoms with Crippen molar-refractivity contribution in [2.75, 3.05) is 7.05 Å². The van der Waals surface area contributed by atoms with Crippen LogP contribution in [0.2, 0.25) is 0 Å². The van der Waals surface area contributed by atoms with Gasteiger partial charge in [-0.3, -0.25) is 14.4 Å². The average molecular weight is 417 g/mol. The van der Waals surface area contributed by atoms with E-state index in [1.54, 1.807) is 19.2 Å². The van der Waals surface area contributed by atoms with E-state index in [-0.39, 0.29) is 10.9 Å². The summed E-state index contributed by atoms with van der Waals surface area (Å²) in [5.74, 6) is 0.875. The van der Waals surface area contributed by atoms with Crippen molar-refractivity contribution in [1.82, 2.24) is 20.2 Å². The topological polar surface area (TPSA) is 96.0 Å². The van der Waals surface area contributed by atoms with Crippen molar-refractivity contribution >= 4 is 29.8 Å². The Hall–Kier alpha value is -4.14. The van der Waals surface area contributed by atoms with Gasteiger partial charge in [-0.15, -0.1) is 0 Å². The number of hydrogen-bond donors (Lipinski definition) is 2. The first-order chi connectivity index (χ1) is 15.0. The molecule has 0 amide bonds. The molecule has 1 unspecified atom stereocenters. The standard InChI is InChI=1S/C22H20FN7O/c1-13(28-20(25-3)18-19(24-2)27-12-26-18)21-29-17-10-9-14(23)11-16(17)22(31)30(21)15-7-5-4-6-8-15/h4-13,28H,3H2,1-2H3,(H,24,26,27)/b20-18-. The van der Waals surface area contributed by atoms with Crippen LogP contribution in [-0.2, 0) is 0 Å². The fourth-order valence-electron chi connectivity index (χ4n) is 3.38. The first kappa shape index (κ1) is 20.1. The molecule has 31 heavy (non-hydrogen) atoms. The number of amidine groups is 1. The number of para-hydroxylation sites is 1. The van der Waals surface area contributed by atoms with E-state index in [1.165, 1.54) is 29.1 Å². The van der Waals surface area contributed by atoms with E-state index in [2.05, 4.69) is 37.3 Å². The van der Waals surface area contributed by atoms with Crippen molar-refractivity contribution in [3.63, 3.8) is 0 Å². The number of rotatable bonds is 5. The molecule has 0 fully saturated rings. The normalized spacial score (nSPS) is 16.9. The molecule has 0 aliphatic carbocycles. The summed E-state index contributed by atoms with van der Waals surface area (Å²) >= 11 is 0. The van der Waals surface area contributed by atoms with Gasteiger partial charge in [-0.25, -0.2) is 19.4 Å². The van der Waals surface area contributed by atoms with E-state index >= 15 is 0 Å². The Morgan fingerprint density at radius 2 is 2.03 bits per heavy atom. The molecule has 0 saturated heterocycles. The van der Waals surface area contributed by atoms with Gasteiger partial charge in [0.15, 0.2) is 11.7 Å². The van der Waals surface area contributed by atoms with E-state index in [0.29, 0.717) is 34.4 Å². The Morgan fingerprint density at radius 1 is 1.26 bits per heavy atom. The lowest BCUT2D eigenvalue weighted by molar-refractivity contribution is 0.586. The summed E-state index contributed by atoms with van der Waals surface area (Å²) in [7, 11) is 1.64. The van der Waals surface area contributed by atoms with Gasteiger partial charge < -0.3 is 10.6 Å². The van der Waals surface area contributed by atoms with Crippen LogP contribution in [0.25, 0.3) is 16.6 Å². The fourth-order valence-corrected chi connectivity index (χ4v) is 3.38. The summed E-state index contributed by atoms with van der Waals surface area (Å²) < 4.78 is 15.3. The van der Waals surface area contributed by atoms with Gasteiger partial charge in [-0.05, 0) is 44.0 Å². The Balaban J connectivity index is 1.89. The highest BCUT2D eigenvalue weighted by molar-refractivity contribution is 6.09. The number of halogens is 1. The number of aliphatic imine (C=N–C) groups is 3. The smallest absolute Gasteiger partial charge is 0.266 e. The second kappa shape index (κ2) is 8.31. The SMILES string of the molecule is C=N/C(NC(C)c1nc2ccc(F)cc2c(=O)n1-c1ccccc1)=C1/N=CN/C1=N/C. The number of hydrogen-bond acceptors (Lipinski definition) is 6. The summed E-state index contributed by atoms with van der Waals surface area (Å²) in [6, 6.07) is 12.6. The number of aromatic nitrogens is 2. The molecule has 3 aromatic rings. The lowest BCUT2D eigenvalue weighted by Gasteiger charge is -2.21. The lowest BCUT2D eigenvalue weighted by Crippen LogP contribution is -2.30. The van der Waals surface area contributed by atoms with E-state index < -0.39 is 11.9 Å². The molecule has 9 heteroatoms. The monoisotopic (exact) mass is 417 g/mol. The van der Waals surface area contributed by atoms with Crippen molar-refractivity contribution in [3.05, 3.63) is 82.0 Å². The maximum Gasteiger partial charge on any atom is 0.266 e. The van der Waals surface area contributed by atoms with Crippen LogP contribution in [0.5, 0.6) is 0 Å². The number of benzene rings is 2. The van der Waals surface area contributed by atoms with Crippen LogP contribution >= 0.6 is 0 Å². The molecule has 156 valence electrons. The fraction of sp³-hybridized carbons (Fsp3) is 0.136. The Morgan fingerprint density at radius 3 is 2.74 bits per heavy atom. The third-order valence-corrected chi connectivity index (χ3v) is 4.84. The Labute approximate surface area is 177 Å². The van der Waals surface area contributed by atoms with Crippen molar-refractivity contribution in [3.8, 4) is 5.69 Å². The van der Waals surface area contributed by atoms with E-state index in [0.717, 1.165) is 0 Å². The van der Waals surface area contributed by atoms with Crippen LogP contribution in [0.4, 0.5) is 4.39 Å². The van der Waals surface area contributed by atoms with Crippen molar-refractivity contribution < 1.29 is 4.39 Å². The van der Waals surface area contributed by atoms with Crippen LogP contribution in [0.15, 0.2) is 79.8 Å². The van der Waals surface area contributed by atoms with Gasteiger partial charge in [-0.1, -0.05) is 18.2 Å². The minimum Gasteiger partial charge on any atom is -0.358 e. The van der Waals surface area contributed by atoms with Crippen molar-refractivity contribution in [2.24, 2.45) is 15.0 Å². The zero-order valence-corrected chi connectivity index (χ0v) is 17.0. The summed E-state index contributed by atoms with van der Waals surface area (Å²) in [6.07, 6.45) is 1.51. The Bertz CT molecular complexity index is 1310. The maximum atomic E-state index is 13.8. The highest BCUT2D eigenvalue weighted by Gasteiger charge is 2.22. The minimum absolute atomic E-state index is 0.199. The summed E-state index contributed by atoms with van der Waals surface area (Å²) in [5.41, 5.74) is 1.16. The second-order valence-electron chi connectivity index (χ2n) is 6.80. The van der Waals surface area contributed by atoms with Crippen LogP contribution in [0.1, 0.15) is 18.8 Å². The molecule has 0 spiro atoms. The van der Waals surface area contributed by atoms with E-state index in [4.69, 9.17) is 0 Å². The molecule has 0 radical (unpaired) electrons. The zero-order chi connectivity index (χ0) is 22.0. The van der Waals surface area contributed by atoms with Gasteiger partial charge in [0.1, 0.15) is 17.3 Å². The molecule has 1 atom stereocenters. The molecule has 2 heterocycles. The zero-order valence-electron chi connectivity index (χ0n) is 17.0. The summed E-state index contributed by atoms with van der Waals surface area (Å²) in [6.45, 7) is 5.47. The molecule has 0 bridgehead atoms. The number of nitrogens with zero attached hydrogens (tertiary/aromatic N) is 5. The lowest BCUT2D eigenvalue weighted by atomic mass is 10.2. The molecule has 1 aromatic heterocycles. The third kappa shape index (κ3) is 3.73. The molecule has 4 rings (SSSR count). The summed E-state index contributed by atoms with van der Waals surface area (Å²) in [5, 5.41) is 6.35. The molecule has 1 aliphatic heterocycles. The number of nitrogens with one attached hydrogen (secondary N) is 2. The first-order valence-corrected chi connectivity index (χ1v) is 9.55. The predicted molar refractivity (Wildman–Crippen MR) is 120 cm³/mol. The van der Waals surface area contributed by atoms with E-state index in [1.807, 2.05) is 25.1 Å². The van der Waals surface area contributed by atoms with Crippen molar-refractivity contribution in [2.45, 2.75) is 13.0 Å². The van der Waals surface area contributed by atoms with Gasteiger partial charge in [0.25, 0.3) is 5.56 Å². The molecule has 1 aliphatic rings. The van der Waals surface area contributed by atoms with Gasteiger partial charge in [-0.2, -0.15) is 0 Å². The molecule has 8 nitrogen and oxygen atoms in total. The van der Waals surface area contributed by atoms with Crippen molar-refractivity contribution in [1.29, 1.82) is 0 Å².